The monoisotopic (exact) mass is 260 g/mol. The second-order valence-corrected chi connectivity index (χ2v) is 5.48. The molecule has 0 saturated carbocycles. The molecule has 2 rings (SSSR count). The summed E-state index contributed by atoms with van der Waals surface area (Å²) in [6.07, 6.45) is 5.13. The van der Waals surface area contributed by atoms with Gasteiger partial charge in [-0.2, -0.15) is 0 Å². The maximum atomic E-state index is 3.75. The fourth-order valence-corrected chi connectivity index (χ4v) is 3.08. The van der Waals surface area contributed by atoms with E-state index in [2.05, 4.69) is 48.3 Å². The fraction of sp³-hybridized carbons (Fsp3) is 0.647. The van der Waals surface area contributed by atoms with Crippen LogP contribution in [0, 0.1) is 0 Å². The van der Waals surface area contributed by atoms with Crippen LogP contribution in [0.4, 0.5) is 0 Å². The first-order valence-electron chi connectivity index (χ1n) is 7.88. The van der Waals surface area contributed by atoms with Crippen molar-refractivity contribution in [1.82, 2.24) is 10.2 Å². The molecule has 0 spiro atoms. The van der Waals surface area contributed by atoms with E-state index in [9.17, 15) is 0 Å². The SMILES string of the molecule is CCN(CC)CCCNC1CCCc2ccccc21. The minimum Gasteiger partial charge on any atom is -0.310 e. The number of benzene rings is 1. The molecule has 0 fully saturated rings. The highest BCUT2D eigenvalue weighted by Crippen LogP contribution is 2.29. The molecule has 0 radical (unpaired) electrons. The van der Waals surface area contributed by atoms with E-state index in [0.717, 1.165) is 6.54 Å². The first-order chi connectivity index (χ1) is 9.35. The van der Waals surface area contributed by atoms with Crippen molar-refractivity contribution in [3.05, 3.63) is 35.4 Å². The zero-order valence-electron chi connectivity index (χ0n) is 12.5. The topological polar surface area (TPSA) is 15.3 Å². The second-order valence-electron chi connectivity index (χ2n) is 5.48. The molecule has 0 heterocycles. The predicted molar refractivity (Wildman–Crippen MR) is 82.5 cm³/mol. The molecule has 1 aromatic carbocycles. The van der Waals surface area contributed by atoms with Gasteiger partial charge in [-0.25, -0.2) is 0 Å². The Kier molecular flexibility index (Phi) is 5.87. The molecule has 0 aliphatic heterocycles. The summed E-state index contributed by atoms with van der Waals surface area (Å²) in [4.78, 5) is 2.50. The molecule has 1 unspecified atom stereocenters. The highest BCUT2D eigenvalue weighted by molar-refractivity contribution is 5.32. The Hall–Kier alpha value is -0.860. The third kappa shape index (κ3) is 4.05. The Balaban J connectivity index is 1.78. The minimum absolute atomic E-state index is 0.585. The van der Waals surface area contributed by atoms with Gasteiger partial charge in [-0.15, -0.1) is 0 Å². The summed E-state index contributed by atoms with van der Waals surface area (Å²) in [5.41, 5.74) is 3.09. The van der Waals surface area contributed by atoms with E-state index in [1.807, 2.05) is 0 Å². The quantitative estimate of drug-likeness (QED) is 0.756. The van der Waals surface area contributed by atoms with Crippen LogP contribution in [0.2, 0.25) is 0 Å². The van der Waals surface area contributed by atoms with E-state index in [-0.39, 0.29) is 0 Å². The lowest BCUT2D eigenvalue weighted by atomic mass is 9.88. The Morgan fingerprint density at radius 2 is 2.00 bits per heavy atom. The van der Waals surface area contributed by atoms with Crippen LogP contribution in [0.15, 0.2) is 24.3 Å². The highest BCUT2D eigenvalue weighted by atomic mass is 15.1. The summed E-state index contributed by atoms with van der Waals surface area (Å²) in [5, 5.41) is 3.75. The van der Waals surface area contributed by atoms with Crippen molar-refractivity contribution < 1.29 is 0 Å². The van der Waals surface area contributed by atoms with Gasteiger partial charge in [-0.3, -0.25) is 0 Å². The van der Waals surface area contributed by atoms with Gasteiger partial charge in [0.05, 0.1) is 0 Å². The largest absolute Gasteiger partial charge is 0.310 e. The highest BCUT2D eigenvalue weighted by Gasteiger charge is 2.18. The van der Waals surface area contributed by atoms with Crippen molar-refractivity contribution in [2.45, 2.75) is 45.6 Å². The van der Waals surface area contributed by atoms with Crippen molar-refractivity contribution in [3.63, 3.8) is 0 Å². The Morgan fingerprint density at radius 1 is 1.21 bits per heavy atom. The molecule has 2 heteroatoms. The van der Waals surface area contributed by atoms with Gasteiger partial charge in [0.25, 0.3) is 0 Å². The number of fused-ring (bicyclic) bond motifs is 1. The number of hydrogen-bond donors (Lipinski definition) is 1. The Labute approximate surface area is 118 Å². The molecule has 2 nitrogen and oxygen atoms in total. The molecule has 0 saturated heterocycles. The smallest absolute Gasteiger partial charge is 0.0323 e. The Bertz CT molecular complexity index is 371. The van der Waals surface area contributed by atoms with E-state index in [1.54, 1.807) is 5.56 Å². The average Bonchev–Trinajstić information content (AvgIpc) is 2.47. The maximum absolute atomic E-state index is 3.75. The summed E-state index contributed by atoms with van der Waals surface area (Å²) in [7, 11) is 0. The predicted octanol–water partition coefficient (Wildman–Crippen LogP) is 3.39. The summed E-state index contributed by atoms with van der Waals surface area (Å²) < 4.78 is 0. The third-order valence-corrected chi connectivity index (χ3v) is 4.31. The lowest BCUT2D eigenvalue weighted by Crippen LogP contribution is -2.30. The molecule has 1 aliphatic rings. The summed E-state index contributed by atoms with van der Waals surface area (Å²) in [5.74, 6) is 0. The lowest BCUT2D eigenvalue weighted by Gasteiger charge is -2.27. The average molecular weight is 260 g/mol. The summed E-state index contributed by atoms with van der Waals surface area (Å²) >= 11 is 0. The summed E-state index contributed by atoms with van der Waals surface area (Å²) in [6, 6.07) is 9.52. The third-order valence-electron chi connectivity index (χ3n) is 4.31. The van der Waals surface area contributed by atoms with Gasteiger partial charge >= 0.3 is 0 Å². The first-order valence-corrected chi connectivity index (χ1v) is 7.88. The molecule has 1 N–H and O–H groups in total. The number of rotatable bonds is 7. The standard InChI is InChI=1S/C17H28N2/c1-3-19(4-2)14-8-13-18-17-12-7-10-15-9-5-6-11-16(15)17/h5-6,9,11,17-18H,3-4,7-8,10,12-14H2,1-2H3. The second kappa shape index (κ2) is 7.66. The molecular formula is C17H28N2. The zero-order chi connectivity index (χ0) is 13.5. The van der Waals surface area contributed by atoms with Crippen molar-refractivity contribution in [1.29, 1.82) is 0 Å². The van der Waals surface area contributed by atoms with E-state index in [4.69, 9.17) is 0 Å². The fourth-order valence-electron chi connectivity index (χ4n) is 3.08. The van der Waals surface area contributed by atoms with Crippen LogP contribution in [0.5, 0.6) is 0 Å². The summed E-state index contributed by atoms with van der Waals surface area (Å²) in [6.45, 7) is 9.18. The molecular weight excluding hydrogens is 232 g/mol. The minimum atomic E-state index is 0.585. The van der Waals surface area contributed by atoms with E-state index >= 15 is 0 Å². The molecule has 106 valence electrons. The van der Waals surface area contributed by atoms with Gasteiger partial charge in [0.15, 0.2) is 0 Å². The molecule has 19 heavy (non-hydrogen) atoms. The van der Waals surface area contributed by atoms with Crippen LogP contribution in [-0.2, 0) is 6.42 Å². The van der Waals surface area contributed by atoms with Crippen molar-refractivity contribution in [2.75, 3.05) is 26.2 Å². The normalized spacial score (nSPS) is 18.6. The van der Waals surface area contributed by atoms with Gasteiger partial charge in [-0.1, -0.05) is 38.1 Å². The van der Waals surface area contributed by atoms with Gasteiger partial charge < -0.3 is 10.2 Å². The number of aryl methyl sites for hydroxylation is 1. The molecule has 1 aromatic rings. The van der Waals surface area contributed by atoms with Crippen LogP contribution < -0.4 is 5.32 Å². The van der Waals surface area contributed by atoms with Crippen LogP contribution in [0.1, 0.15) is 50.3 Å². The molecule has 1 aliphatic carbocycles. The van der Waals surface area contributed by atoms with Crippen LogP contribution >= 0.6 is 0 Å². The van der Waals surface area contributed by atoms with Crippen molar-refractivity contribution in [2.24, 2.45) is 0 Å². The molecule has 1 atom stereocenters. The van der Waals surface area contributed by atoms with Gasteiger partial charge in [0.1, 0.15) is 0 Å². The van der Waals surface area contributed by atoms with Crippen LogP contribution in [0.25, 0.3) is 0 Å². The van der Waals surface area contributed by atoms with Crippen molar-refractivity contribution in [3.8, 4) is 0 Å². The lowest BCUT2D eigenvalue weighted by molar-refractivity contribution is 0.294. The molecule has 0 bridgehead atoms. The van der Waals surface area contributed by atoms with Crippen LogP contribution in [0.3, 0.4) is 0 Å². The van der Waals surface area contributed by atoms with Gasteiger partial charge in [0, 0.05) is 6.04 Å². The van der Waals surface area contributed by atoms with Crippen molar-refractivity contribution >= 4 is 0 Å². The first kappa shape index (κ1) is 14.5. The zero-order valence-corrected chi connectivity index (χ0v) is 12.5. The van der Waals surface area contributed by atoms with E-state index in [1.165, 1.54) is 50.9 Å². The number of nitrogens with zero attached hydrogens (tertiary/aromatic N) is 1. The maximum Gasteiger partial charge on any atom is 0.0323 e. The Morgan fingerprint density at radius 3 is 2.79 bits per heavy atom. The molecule has 0 amide bonds. The van der Waals surface area contributed by atoms with E-state index < -0.39 is 0 Å². The number of hydrogen-bond acceptors (Lipinski definition) is 2. The number of nitrogens with one attached hydrogen (secondary N) is 1. The van der Waals surface area contributed by atoms with Gasteiger partial charge in [0.2, 0.25) is 0 Å². The molecule has 0 aromatic heterocycles. The van der Waals surface area contributed by atoms with Gasteiger partial charge in [-0.05, 0) is 63.0 Å². The van der Waals surface area contributed by atoms with E-state index in [0.29, 0.717) is 6.04 Å². The van der Waals surface area contributed by atoms with Crippen LogP contribution in [-0.4, -0.2) is 31.1 Å².